The van der Waals surface area contributed by atoms with E-state index < -0.39 is 5.97 Å². The number of rotatable bonds is 2. The maximum Gasteiger partial charge on any atom is 0.335 e. The third-order valence-corrected chi connectivity index (χ3v) is 2.85. The second-order valence-electron chi connectivity index (χ2n) is 4.08. The molecule has 4 N–H and O–H groups in total. The molecule has 1 aliphatic rings. The minimum Gasteiger partial charge on any atom is -0.478 e. The van der Waals surface area contributed by atoms with Crippen molar-refractivity contribution in [2.24, 2.45) is 5.73 Å². The first-order valence-corrected chi connectivity index (χ1v) is 5.70. The van der Waals surface area contributed by atoms with Gasteiger partial charge in [-0.2, -0.15) is 0 Å². The molecule has 2 amide bonds. The average molecular weight is 263 g/mol. The Labute approximate surface area is 109 Å². The highest BCUT2D eigenvalue weighted by Gasteiger charge is 2.24. The topological polar surface area (TPSA) is 113 Å². The van der Waals surface area contributed by atoms with E-state index in [1.807, 2.05) is 0 Å². The first-order valence-electron chi connectivity index (χ1n) is 5.70. The highest BCUT2D eigenvalue weighted by Crippen LogP contribution is 2.30. The van der Waals surface area contributed by atoms with E-state index in [-0.39, 0.29) is 36.9 Å². The zero-order valence-corrected chi connectivity index (χ0v) is 10.0. The van der Waals surface area contributed by atoms with Gasteiger partial charge >= 0.3 is 5.97 Å². The number of aromatic carboxylic acids is 1. The van der Waals surface area contributed by atoms with Gasteiger partial charge in [0.2, 0.25) is 11.8 Å². The molecule has 0 radical (unpaired) electrons. The number of amides is 2. The minimum atomic E-state index is -1.10. The normalized spacial score (nSPS) is 14.4. The van der Waals surface area contributed by atoms with Crippen molar-refractivity contribution in [1.82, 2.24) is 0 Å². The van der Waals surface area contributed by atoms with Crippen LogP contribution >= 0.6 is 0 Å². The number of nitrogens with one attached hydrogen (secondary N) is 1. The number of carbonyl (C=O) groups is 3. The van der Waals surface area contributed by atoms with Gasteiger partial charge in [-0.3, -0.25) is 9.59 Å². The minimum absolute atomic E-state index is 0.0460. The summed E-state index contributed by atoms with van der Waals surface area (Å²) in [7, 11) is 0. The Hall–Kier alpha value is -2.41. The fourth-order valence-corrected chi connectivity index (χ4v) is 1.91. The Bertz CT molecular complexity index is 556. The molecule has 100 valence electrons. The first kappa shape index (κ1) is 13.0. The van der Waals surface area contributed by atoms with Crippen LogP contribution in [-0.4, -0.2) is 36.0 Å². The fraction of sp³-hybridized carbons (Fsp3) is 0.250. The van der Waals surface area contributed by atoms with E-state index in [2.05, 4.69) is 5.32 Å². The Morgan fingerprint density at radius 1 is 1.42 bits per heavy atom. The molecular formula is C12H13N3O4. The van der Waals surface area contributed by atoms with Crippen molar-refractivity contribution in [2.45, 2.75) is 6.42 Å². The van der Waals surface area contributed by atoms with Crippen LogP contribution in [0.15, 0.2) is 18.2 Å². The van der Waals surface area contributed by atoms with E-state index in [4.69, 9.17) is 10.8 Å². The molecule has 0 aliphatic carbocycles. The molecule has 1 aromatic carbocycles. The Balaban J connectivity index is 2.52. The molecule has 1 aliphatic heterocycles. The van der Waals surface area contributed by atoms with E-state index in [0.29, 0.717) is 11.4 Å². The molecule has 1 aromatic rings. The molecule has 7 nitrogen and oxygen atoms in total. The molecular weight excluding hydrogens is 250 g/mol. The van der Waals surface area contributed by atoms with Crippen LogP contribution < -0.4 is 16.0 Å². The van der Waals surface area contributed by atoms with Crippen LogP contribution in [0.1, 0.15) is 16.8 Å². The summed E-state index contributed by atoms with van der Waals surface area (Å²) in [5.74, 6) is -1.68. The second kappa shape index (κ2) is 5.07. The lowest BCUT2D eigenvalue weighted by Gasteiger charge is -2.21. The van der Waals surface area contributed by atoms with Crippen molar-refractivity contribution in [1.29, 1.82) is 0 Å². The van der Waals surface area contributed by atoms with Crippen LogP contribution in [0, 0.1) is 0 Å². The Morgan fingerprint density at radius 2 is 2.16 bits per heavy atom. The first-order chi connectivity index (χ1) is 9.02. The third-order valence-electron chi connectivity index (χ3n) is 2.85. The summed E-state index contributed by atoms with van der Waals surface area (Å²) < 4.78 is 0. The van der Waals surface area contributed by atoms with Crippen LogP contribution in [0.2, 0.25) is 0 Å². The van der Waals surface area contributed by atoms with Crippen molar-refractivity contribution in [2.75, 3.05) is 23.3 Å². The molecule has 0 spiro atoms. The number of nitrogens with two attached hydrogens (primary N) is 1. The number of hydrogen-bond acceptors (Lipinski definition) is 4. The summed E-state index contributed by atoms with van der Waals surface area (Å²) in [5.41, 5.74) is 6.15. The molecule has 0 fully saturated rings. The van der Waals surface area contributed by atoms with Gasteiger partial charge in [-0.1, -0.05) is 0 Å². The van der Waals surface area contributed by atoms with Crippen LogP contribution in [0.4, 0.5) is 11.4 Å². The number of anilines is 2. The van der Waals surface area contributed by atoms with E-state index in [1.54, 1.807) is 0 Å². The van der Waals surface area contributed by atoms with Gasteiger partial charge < -0.3 is 21.1 Å². The molecule has 0 saturated carbocycles. The van der Waals surface area contributed by atoms with Crippen molar-refractivity contribution in [3.8, 4) is 0 Å². The van der Waals surface area contributed by atoms with Crippen molar-refractivity contribution in [3.05, 3.63) is 23.8 Å². The average Bonchev–Trinajstić information content (AvgIpc) is 2.55. The number of carboxylic acids is 1. The molecule has 0 aromatic heterocycles. The van der Waals surface area contributed by atoms with Crippen LogP contribution in [0.3, 0.4) is 0 Å². The summed E-state index contributed by atoms with van der Waals surface area (Å²) in [6.45, 7) is -0.0249. The van der Waals surface area contributed by atoms with Gasteiger partial charge in [-0.25, -0.2) is 4.79 Å². The number of hydrogen-bond donors (Lipinski definition) is 3. The maximum absolute atomic E-state index is 11.8. The van der Waals surface area contributed by atoms with Crippen molar-refractivity contribution >= 4 is 29.2 Å². The quantitative estimate of drug-likeness (QED) is 0.696. The lowest BCUT2D eigenvalue weighted by atomic mass is 10.1. The number of carboxylic acid groups (broad SMARTS) is 1. The van der Waals surface area contributed by atoms with Gasteiger partial charge in [0.15, 0.2) is 0 Å². The van der Waals surface area contributed by atoms with Gasteiger partial charge in [0.1, 0.15) is 0 Å². The predicted octanol–water partition coefficient (Wildman–Crippen LogP) is 0.0187. The van der Waals surface area contributed by atoms with E-state index >= 15 is 0 Å². The molecule has 7 heteroatoms. The molecule has 0 unspecified atom stereocenters. The summed E-state index contributed by atoms with van der Waals surface area (Å²) in [6, 6.07) is 4.20. The monoisotopic (exact) mass is 263 g/mol. The SMILES string of the molecule is NCC(=O)N1CCC(=O)Nc2ccc(C(=O)O)cc21. The lowest BCUT2D eigenvalue weighted by molar-refractivity contribution is -0.117. The smallest absolute Gasteiger partial charge is 0.335 e. The van der Waals surface area contributed by atoms with Crippen LogP contribution in [0.25, 0.3) is 0 Å². The number of nitrogens with zero attached hydrogens (tertiary/aromatic N) is 1. The number of carbonyl (C=O) groups excluding carboxylic acids is 2. The largest absolute Gasteiger partial charge is 0.478 e. The number of benzene rings is 1. The third kappa shape index (κ3) is 2.55. The van der Waals surface area contributed by atoms with Gasteiger partial charge in [0, 0.05) is 13.0 Å². The summed E-state index contributed by atoms with van der Waals surface area (Å²) in [5, 5.41) is 11.6. The van der Waals surface area contributed by atoms with E-state index in [9.17, 15) is 14.4 Å². The Kier molecular flexibility index (Phi) is 3.48. The van der Waals surface area contributed by atoms with Crippen molar-refractivity contribution < 1.29 is 19.5 Å². The summed E-state index contributed by atoms with van der Waals surface area (Å²) >= 11 is 0. The fourth-order valence-electron chi connectivity index (χ4n) is 1.91. The highest BCUT2D eigenvalue weighted by molar-refractivity contribution is 6.05. The predicted molar refractivity (Wildman–Crippen MR) is 68.1 cm³/mol. The number of fused-ring (bicyclic) bond motifs is 1. The maximum atomic E-state index is 11.8. The van der Waals surface area contributed by atoms with Crippen LogP contribution in [0.5, 0.6) is 0 Å². The van der Waals surface area contributed by atoms with Gasteiger partial charge in [0.25, 0.3) is 0 Å². The molecule has 19 heavy (non-hydrogen) atoms. The van der Waals surface area contributed by atoms with Gasteiger partial charge in [-0.15, -0.1) is 0 Å². The van der Waals surface area contributed by atoms with Crippen molar-refractivity contribution in [3.63, 3.8) is 0 Å². The lowest BCUT2D eigenvalue weighted by Crippen LogP contribution is -2.36. The van der Waals surface area contributed by atoms with Crippen LogP contribution in [-0.2, 0) is 9.59 Å². The summed E-state index contributed by atoms with van der Waals surface area (Å²) in [6.07, 6.45) is 0.142. The molecule has 2 rings (SSSR count). The second-order valence-corrected chi connectivity index (χ2v) is 4.08. The zero-order chi connectivity index (χ0) is 14.0. The zero-order valence-electron chi connectivity index (χ0n) is 10.0. The molecule has 0 bridgehead atoms. The highest BCUT2D eigenvalue weighted by atomic mass is 16.4. The summed E-state index contributed by atoms with van der Waals surface area (Å²) in [4.78, 5) is 35.6. The van der Waals surface area contributed by atoms with E-state index in [1.165, 1.54) is 23.1 Å². The molecule has 0 saturated heterocycles. The molecule has 0 atom stereocenters. The van der Waals surface area contributed by atoms with Gasteiger partial charge in [-0.05, 0) is 18.2 Å². The Morgan fingerprint density at radius 3 is 2.79 bits per heavy atom. The standard InChI is InChI=1S/C12H13N3O4/c13-6-11(17)15-4-3-10(16)14-8-2-1-7(12(18)19)5-9(8)15/h1-2,5H,3-4,6,13H2,(H,14,16)(H,18,19). The molecule has 1 heterocycles. The van der Waals surface area contributed by atoms with E-state index in [0.717, 1.165) is 0 Å². The van der Waals surface area contributed by atoms with Gasteiger partial charge in [0.05, 0.1) is 23.5 Å².